The minimum Gasteiger partial charge on any atom is -0.480 e. The third-order valence-corrected chi connectivity index (χ3v) is 3.25. The van der Waals surface area contributed by atoms with E-state index in [0.29, 0.717) is 25.3 Å². The van der Waals surface area contributed by atoms with Crippen LogP contribution in [-0.4, -0.2) is 48.8 Å². The van der Waals surface area contributed by atoms with Gasteiger partial charge in [0, 0.05) is 19.6 Å². The summed E-state index contributed by atoms with van der Waals surface area (Å²) in [4.78, 5) is 13.5. The van der Waals surface area contributed by atoms with Gasteiger partial charge in [-0.3, -0.25) is 4.90 Å². The first-order valence-corrected chi connectivity index (χ1v) is 6.01. The summed E-state index contributed by atoms with van der Waals surface area (Å²) >= 11 is 0. The SMILES string of the molecule is NC(CN1CCOCC1)(C(=O)O)c1ccccc1. The molecule has 3 N–H and O–H groups in total. The quantitative estimate of drug-likeness (QED) is 0.801. The van der Waals surface area contributed by atoms with Gasteiger partial charge in [-0.05, 0) is 5.56 Å². The van der Waals surface area contributed by atoms with Crippen LogP contribution in [0, 0.1) is 0 Å². The molecular formula is C13H18N2O3. The zero-order valence-electron chi connectivity index (χ0n) is 10.2. The van der Waals surface area contributed by atoms with E-state index in [1.807, 2.05) is 11.0 Å². The monoisotopic (exact) mass is 250 g/mol. The van der Waals surface area contributed by atoms with Gasteiger partial charge in [0.15, 0.2) is 5.54 Å². The van der Waals surface area contributed by atoms with E-state index in [4.69, 9.17) is 10.5 Å². The van der Waals surface area contributed by atoms with Crippen LogP contribution in [0.4, 0.5) is 0 Å². The highest BCUT2D eigenvalue weighted by atomic mass is 16.5. The summed E-state index contributed by atoms with van der Waals surface area (Å²) in [6.45, 7) is 3.00. The third-order valence-electron chi connectivity index (χ3n) is 3.25. The lowest BCUT2D eigenvalue weighted by Crippen LogP contribution is -2.55. The van der Waals surface area contributed by atoms with Crippen LogP contribution in [0.5, 0.6) is 0 Å². The molecule has 0 saturated carbocycles. The lowest BCUT2D eigenvalue weighted by molar-refractivity contribution is -0.145. The summed E-state index contributed by atoms with van der Waals surface area (Å²) in [5.41, 5.74) is 5.38. The zero-order valence-corrected chi connectivity index (χ0v) is 10.2. The van der Waals surface area contributed by atoms with Crippen LogP contribution in [0.2, 0.25) is 0 Å². The highest BCUT2D eigenvalue weighted by Crippen LogP contribution is 2.20. The second kappa shape index (κ2) is 5.48. The number of carbonyl (C=O) groups is 1. The van der Waals surface area contributed by atoms with Crippen molar-refractivity contribution in [2.75, 3.05) is 32.8 Å². The van der Waals surface area contributed by atoms with Gasteiger partial charge in [0.25, 0.3) is 0 Å². The number of aliphatic carboxylic acids is 1. The standard InChI is InChI=1S/C13H18N2O3/c14-13(12(16)17,11-4-2-1-3-5-11)10-15-6-8-18-9-7-15/h1-5H,6-10,14H2,(H,16,17). The van der Waals surface area contributed by atoms with Crippen molar-refractivity contribution in [2.24, 2.45) is 5.73 Å². The number of ether oxygens (including phenoxy) is 1. The number of carboxylic acid groups (broad SMARTS) is 1. The number of hydrogen-bond acceptors (Lipinski definition) is 4. The molecule has 0 spiro atoms. The number of nitrogens with zero attached hydrogens (tertiary/aromatic N) is 1. The van der Waals surface area contributed by atoms with Crippen LogP contribution in [0.1, 0.15) is 5.56 Å². The Bertz CT molecular complexity index is 404. The van der Waals surface area contributed by atoms with Gasteiger partial charge < -0.3 is 15.6 Å². The van der Waals surface area contributed by atoms with Gasteiger partial charge in [-0.2, -0.15) is 0 Å². The molecule has 1 aliphatic heterocycles. The number of benzene rings is 1. The van der Waals surface area contributed by atoms with E-state index in [2.05, 4.69) is 0 Å². The zero-order chi connectivity index (χ0) is 13.0. The van der Waals surface area contributed by atoms with E-state index < -0.39 is 11.5 Å². The van der Waals surface area contributed by atoms with Crippen molar-refractivity contribution >= 4 is 5.97 Å². The molecule has 98 valence electrons. The van der Waals surface area contributed by atoms with Crippen molar-refractivity contribution in [3.63, 3.8) is 0 Å². The van der Waals surface area contributed by atoms with Gasteiger partial charge in [0.2, 0.25) is 0 Å². The Kier molecular flexibility index (Phi) is 3.96. The maximum absolute atomic E-state index is 11.5. The van der Waals surface area contributed by atoms with Crippen LogP contribution >= 0.6 is 0 Å². The van der Waals surface area contributed by atoms with E-state index >= 15 is 0 Å². The van der Waals surface area contributed by atoms with E-state index in [-0.39, 0.29) is 0 Å². The topological polar surface area (TPSA) is 75.8 Å². The van der Waals surface area contributed by atoms with Crippen molar-refractivity contribution < 1.29 is 14.6 Å². The van der Waals surface area contributed by atoms with E-state index in [9.17, 15) is 9.90 Å². The Balaban J connectivity index is 2.19. The molecular weight excluding hydrogens is 232 g/mol. The second-order valence-corrected chi connectivity index (χ2v) is 4.53. The fourth-order valence-corrected chi connectivity index (χ4v) is 2.13. The molecule has 5 heteroatoms. The molecule has 0 radical (unpaired) electrons. The molecule has 5 nitrogen and oxygen atoms in total. The Morgan fingerprint density at radius 1 is 1.33 bits per heavy atom. The summed E-state index contributed by atoms with van der Waals surface area (Å²) in [5, 5.41) is 9.43. The number of rotatable bonds is 4. The molecule has 1 fully saturated rings. The summed E-state index contributed by atoms with van der Waals surface area (Å²) in [6, 6.07) is 8.97. The Morgan fingerprint density at radius 3 is 2.50 bits per heavy atom. The van der Waals surface area contributed by atoms with Crippen molar-refractivity contribution in [2.45, 2.75) is 5.54 Å². The molecule has 1 aromatic carbocycles. The van der Waals surface area contributed by atoms with Gasteiger partial charge in [-0.25, -0.2) is 4.79 Å². The normalized spacial score (nSPS) is 20.3. The fraction of sp³-hybridized carbons (Fsp3) is 0.462. The average molecular weight is 250 g/mol. The smallest absolute Gasteiger partial charge is 0.329 e. The van der Waals surface area contributed by atoms with Crippen molar-refractivity contribution in [1.82, 2.24) is 4.90 Å². The molecule has 0 amide bonds. The molecule has 1 aliphatic rings. The first-order chi connectivity index (χ1) is 8.63. The molecule has 18 heavy (non-hydrogen) atoms. The van der Waals surface area contributed by atoms with E-state index in [1.54, 1.807) is 24.3 Å². The molecule has 1 saturated heterocycles. The van der Waals surface area contributed by atoms with E-state index in [0.717, 1.165) is 13.1 Å². The fourth-order valence-electron chi connectivity index (χ4n) is 2.13. The lowest BCUT2D eigenvalue weighted by Gasteiger charge is -2.34. The van der Waals surface area contributed by atoms with Crippen LogP contribution in [0.3, 0.4) is 0 Å². The number of hydrogen-bond donors (Lipinski definition) is 2. The molecule has 2 rings (SSSR count). The molecule has 1 heterocycles. The molecule has 0 bridgehead atoms. The second-order valence-electron chi connectivity index (χ2n) is 4.53. The maximum atomic E-state index is 11.5. The molecule has 0 aromatic heterocycles. The number of morpholine rings is 1. The molecule has 1 unspecified atom stereocenters. The largest absolute Gasteiger partial charge is 0.480 e. The average Bonchev–Trinajstić information content (AvgIpc) is 2.40. The summed E-state index contributed by atoms with van der Waals surface area (Å²) in [7, 11) is 0. The van der Waals surface area contributed by atoms with Crippen molar-refractivity contribution in [3.05, 3.63) is 35.9 Å². The predicted molar refractivity (Wildman–Crippen MR) is 67.2 cm³/mol. The Morgan fingerprint density at radius 2 is 1.94 bits per heavy atom. The number of carboxylic acids is 1. The first-order valence-electron chi connectivity index (χ1n) is 6.01. The van der Waals surface area contributed by atoms with Crippen LogP contribution < -0.4 is 5.73 Å². The van der Waals surface area contributed by atoms with Gasteiger partial charge >= 0.3 is 5.97 Å². The predicted octanol–water partition coefficient (Wildman–Crippen LogP) is 0.257. The van der Waals surface area contributed by atoms with Gasteiger partial charge in [0.1, 0.15) is 0 Å². The van der Waals surface area contributed by atoms with Crippen LogP contribution in [-0.2, 0) is 15.1 Å². The van der Waals surface area contributed by atoms with E-state index in [1.165, 1.54) is 0 Å². The van der Waals surface area contributed by atoms with Crippen molar-refractivity contribution in [1.29, 1.82) is 0 Å². The lowest BCUT2D eigenvalue weighted by atomic mass is 9.90. The molecule has 1 atom stereocenters. The van der Waals surface area contributed by atoms with Gasteiger partial charge in [0.05, 0.1) is 13.2 Å². The third kappa shape index (κ3) is 2.69. The van der Waals surface area contributed by atoms with Crippen molar-refractivity contribution in [3.8, 4) is 0 Å². The summed E-state index contributed by atoms with van der Waals surface area (Å²) < 4.78 is 5.25. The molecule has 0 aliphatic carbocycles. The highest BCUT2D eigenvalue weighted by Gasteiger charge is 2.38. The highest BCUT2D eigenvalue weighted by molar-refractivity contribution is 5.80. The maximum Gasteiger partial charge on any atom is 0.329 e. The Labute approximate surface area is 106 Å². The summed E-state index contributed by atoms with van der Waals surface area (Å²) in [6.07, 6.45) is 0. The first kappa shape index (κ1) is 13.0. The Hall–Kier alpha value is -1.43. The molecule has 1 aromatic rings. The van der Waals surface area contributed by atoms with Crippen LogP contribution in [0.25, 0.3) is 0 Å². The minimum absolute atomic E-state index is 0.301. The summed E-state index contributed by atoms with van der Waals surface area (Å²) in [5.74, 6) is -1.000. The van der Waals surface area contributed by atoms with Crippen LogP contribution in [0.15, 0.2) is 30.3 Å². The van der Waals surface area contributed by atoms with Gasteiger partial charge in [-0.15, -0.1) is 0 Å². The number of nitrogens with two attached hydrogens (primary N) is 1. The van der Waals surface area contributed by atoms with Gasteiger partial charge in [-0.1, -0.05) is 30.3 Å². The minimum atomic E-state index is -1.36.